The van der Waals surface area contributed by atoms with Crippen molar-refractivity contribution in [2.24, 2.45) is 0 Å². The van der Waals surface area contributed by atoms with Crippen LogP contribution >= 0.6 is 22.9 Å². The van der Waals surface area contributed by atoms with Gasteiger partial charge in [0.1, 0.15) is 0 Å². The van der Waals surface area contributed by atoms with Gasteiger partial charge in [0.05, 0.1) is 19.1 Å². The molecular weight excluding hydrogens is 308 g/mol. The summed E-state index contributed by atoms with van der Waals surface area (Å²) in [5.41, 5.74) is 0. The SMILES string of the molecule is COc1cccc(Oc2nc(Cl)c([N+](=O)[O-])s2)c1OC. The van der Waals surface area contributed by atoms with Crippen molar-refractivity contribution in [2.45, 2.75) is 0 Å². The van der Waals surface area contributed by atoms with Crippen LogP contribution in [0.5, 0.6) is 22.4 Å². The Balaban J connectivity index is 2.35. The van der Waals surface area contributed by atoms with Crippen molar-refractivity contribution in [3.63, 3.8) is 0 Å². The molecule has 106 valence electrons. The van der Waals surface area contributed by atoms with Crippen LogP contribution in [0.4, 0.5) is 5.00 Å². The van der Waals surface area contributed by atoms with E-state index < -0.39 is 4.92 Å². The quantitative estimate of drug-likeness (QED) is 0.620. The third-order valence-corrected chi connectivity index (χ3v) is 3.54. The van der Waals surface area contributed by atoms with Gasteiger partial charge in [0.25, 0.3) is 5.19 Å². The van der Waals surface area contributed by atoms with Gasteiger partial charge in [0, 0.05) is 0 Å². The van der Waals surface area contributed by atoms with E-state index in [-0.39, 0.29) is 15.3 Å². The summed E-state index contributed by atoms with van der Waals surface area (Å²) < 4.78 is 15.8. The van der Waals surface area contributed by atoms with Crippen molar-refractivity contribution in [2.75, 3.05) is 14.2 Å². The number of methoxy groups -OCH3 is 2. The van der Waals surface area contributed by atoms with Crippen LogP contribution in [0.2, 0.25) is 5.15 Å². The molecule has 2 rings (SSSR count). The molecule has 1 heterocycles. The van der Waals surface area contributed by atoms with Gasteiger partial charge in [-0.1, -0.05) is 17.7 Å². The number of ether oxygens (including phenoxy) is 3. The Hall–Kier alpha value is -2.06. The zero-order valence-electron chi connectivity index (χ0n) is 10.5. The summed E-state index contributed by atoms with van der Waals surface area (Å²) in [5, 5.41) is 10.3. The number of hydrogen-bond acceptors (Lipinski definition) is 7. The first kappa shape index (κ1) is 14.4. The first-order chi connectivity index (χ1) is 9.56. The van der Waals surface area contributed by atoms with Crippen molar-refractivity contribution in [3.05, 3.63) is 33.5 Å². The number of nitro groups is 1. The van der Waals surface area contributed by atoms with Crippen LogP contribution in [0.25, 0.3) is 0 Å². The number of aromatic nitrogens is 1. The van der Waals surface area contributed by atoms with E-state index in [0.717, 1.165) is 11.3 Å². The molecule has 0 spiro atoms. The summed E-state index contributed by atoms with van der Waals surface area (Å²) in [6.07, 6.45) is 0. The second-order valence-corrected chi connectivity index (χ2v) is 4.72. The van der Waals surface area contributed by atoms with Gasteiger partial charge in [0.15, 0.2) is 11.5 Å². The molecule has 2 aromatic rings. The number of benzene rings is 1. The fraction of sp³-hybridized carbons (Fsp3) is 0.182. The summed E-state index contributed by atoms with van der Waals surface area (Å²) in [6.45, 7) is 0. The third-order valence-electron chi connectivity index (χ3n) is 2.28. The molecule has 0 aliphatic carbocycles. The summed E-state index contributed by atoms with van der Waals surface area (Å²) >= 11 is 6.39. The highest BCUT2D eigenvalue weighted by atomic mass is 35.5. The monoisotopic (exact) mass is 316 g/mol. The van der Waals surface area contributed by atoms with Crippen LogP contribution in [-0.4, -0.2) is 24.1 Å². The average Bonchev–Trinajstić information content (AvgIpc) is 2.79. The van der Waals surface area contributed by atoms with Crippen molar-refractivity contribution in [1.29, 1.82) is 0 Å². The van der Waals surface area contributed by atoms with Gasteiger partial charge in [-0.2, -0.15) is 4.98 Å². The number of halogens is 1. The lowest BCUT2D eigenvalue weighted by Crippen LogP contribution is -1.93. The molecule has 1 aromatic heterocycles. The highest BCUT2D eigenvalue weighted by Crippen LogP contribution is 2.42. The molecule has 9 heteroatoms. The summed E-state index contributed by atoms with van der Waals surface area (Å²) in [5.74, 6) is 1.17. The van der Waals surface area contributed by atoms with Gasteiger partial charge >= 0.3 is 5.00 Å². The summed E-state index contributed by atoms with van der Waals surface area (Å²) in [7, 11) is 2.95. The van der Waals surface area contributed by atoms with E-state index in [1.165, 1.54) is 14.2 Å². The normalized spacial score (nSPS) is 10.2. The lowest BCUT2D eigenvalue weighted by Gasteiger charge is -2.11. The molecule has 7 nitrogen and oxygen atoms in total. The van der Waals surface area contributed by atoms with Crippen LogP contribution in [0, 0.1) is 10.1 Å². The molecule has 0 aliphatic rings. The van der Waals surface area contributed by atoms with Crippen LogP contribution in [0.15, 0.2) is 18.2 Å². The number of hydrogen-bond donors (Lipinski definition) is 0. The zero-order valence-corrected chi connectivity index (χ0v) is 12.0. The molecule has 0 saturated heterocycles. The van der Waals surface area contributed by atoms with E-state index >= 15 is 0 Å². The smallest absolute Gasteiger partial charge is 0.366 e. The topological polar surface area (TPSA) is 83.7 Å². The molecule has 0 aliphatic heterocycles. The predicted molar refractivity (Wildman–Crippen MR) is 73.4 cm³/mol. The van der Waals surface area contributed by atoms with Crippen molar-refractivity contribution >= 4 is 27.9 Å². The minimum atomic E-state index is -0.615. The fourth-order valence-corrected chi connectivity index (χ4v) is 2.41. The number of nitrogens with zero attached hydrogens (tertiary/aromatic N) is 2. The molecule has 0 amide bonds. The summed E-state index contributed by atoms with van der Waals surface area (Å²) in [6, 6.07) is 5.02. The fourth-order valence-electron chi connectivity index (χ4n) is 1.46. The van der Waals surface area contributed by atoms with E-state index in [0.29, 0.717) is 17.2 Å². The highest BCUT2D eigenvalue weighted by Gasteiger charge is 2.22. The second kappa shape index (κ2) is 5.93. The van der Waals surface area contributed by atoms with E-state index in [2.05, 4.69) is 4.98 Å². The van der Waals surface area contributed by atoms with Gasteiger partial charge in [-0.15, -0.1) is 0 Å². The van der Waals surface area contributed by atoms with Crippen molar-refractivity contribution in [3.8, 4) is 22.4 Å². The minimum absolute atomic E-state index is 0.0493. The molecule has 0 bridgehead atoms. The van der Waals surface area contributed by atoms with Gasteiger partial charge in [-0.05, 0) is 23.5 Å². The molecule has 0 radical (unpaired) electrons. The standard InChI is InChI=1S/C11H9ClN2O5S/c1-17-6-4-3-5-7(8(6)18-2)19-11-13-9(12)10(20-11)14(15)16/h3-5H,1-2H3. The molecule has 0 N–H and O–H groups in total. The minimum Gasteiger partial charge on any atom is -0.493 e. The molecular formula is C11H9ClN2O5S. The first-order valence-electron chi connectivity index (χ1n) is 5.26. The molecule has 0 atom stereocenters. The molecule has 0 fully saturated rings. The van der Waals surface area contributed by atoms with Gasteiger partial charge in [-0.25, -0.2) is 0 Å². The van der Waals surface area contributed by atoms with E-state index in [4.69, 9.17) is 25.8 Å². The van der Waals surface area contributed by atoms with Crippen molar-refractivity contribution < 1.29 is 19.1 Å². The molecule has 20 heavy (non-hydrogen) atoms. The Morgan fingerprint density at radius 2 is 2.00 bits per heavy atom. The maximum Gasteiger partial charge on any atom is 0.366 e. The average molecular weight is 317 g/mol. The molecule has 0 saturated carbocycles. The van der Waals surface area contributed by atoms with Crippen LogP contribution in [0.3, 0.4) is 0 Å². The Morgan fingerprint density at radius 3 is 2.55 bits per heavy atom. The van der Waals surface area contributed by atoms with Gasteiger partial charge < -0.3 is 14.2 Å². The van der Waals surface area contributed by atoms with E-state index in [1.807, 2.05) is 0 Å². The maximum absolute atomic E-state index is 10.7. The lowest BCUT2D eigenvalue weighted by molar-refractivity contribution is -0.380. The largest absolute Gasteiger partial charge is 0.493 e. The highest BCUT2D eigenvalue weighted by molar-refractivity contribution is 7.17. The van der Waals surface area contributed by atoms with Crippen LogP contribution < -0.4 is 14.2 Å². The zero-order chi connectivity index (χ0) is 14.7. The second-order valence-electron chi connectivity index (χ2n) is 3.43. The van der Waals surface area contributed by atoms with E-state index in [1.54, 1.807) is 18.2 Å². The van der Waals surface area contributed by atoms with Crippen LogP contribution in [0.1, 0.15) is 0 Å². The van der Waals surface area contributed by atoms with E-state index in [9.17, 15) is 10.1 Å². The Morgan fingerprint density at radius 1 is 1.30 bits per heavy atom. The van der Waals surface area contributed by atoms with Crippen molar-refractivity contribution in [1.82, 2.24) is 4.98 Å². The number of thiazole rings is 1. The maximum atomic E-state index is 10.7. The molecule has 0 unspecified atom stereocenters. The number of para-hydroxylation sites is 1. The lowest BCUT2D eigenvalue weighted by atomic mass is 10.3. The Kier molecular flexibility index (Phi) is 4.26. The molecule has 1 aromatic carbocycles. The third kappa shape index (κ3) is 2.75. The van der Waals surface area contributed by atoms with Crippen LogP contribution in [-0.2, 0) is 0 Å². The Bertz CT molecular complexity index is 646. The predicted octanol–water partition coefficient (Wildman–Crippen LogP) is 3.51. The number of rotatable bonds is 5. The Labute approximate surface area is 122 Å². The van der Waals surface area contributed by atoms with Gasteiger partial charge in [-0.3, -0.25) is 10.1 Å². The first-order valence-corrected chi connectivity index (χ1v) is 6.45. The summed E-state index contributed by atoms with van der Waals surface area (Å²) in [4.78, 5) is 13.9. The van der Waals surface area contributed by atoms with Gasteiger partial charge in [0.2, 0.25) is 10.9 Å².